The topological polar surface area (TPSA) is 54.5 Å². The van der Waals surface area contributed by atoms with E-state index in [0.717, 1.165) is 5.41 Å². The van der Waals surface area contributed by atoms with Crippen molar-refractivity contribution in [1.82, 2.24) is 0 Å². The van der Waals surface area contributed by atoms with Crippen LogP contribution in [0.25, 0.3) is 0 Å². The van der Waals surface area contributed by atoms with Crippen LogP contribution in [-0.4, -0.2) is 26.1 Å². The predicted octanol–water partition coefficient (Wildman–Crippen LogP) is 2.00. The molecule has 0 saturated carbocycles. The molecule has 4 nitrogen and oxygen atoms in total. The van der Waals surface area contributed by atoms with Crippen LogP contribution < -0.4 is 4.90 Å². The van der Waals surface area contributed by atoms with Gasteiger partial charge in [0.15, 0.2) is 9.84 Å². The van der Waals surface area contributed by atoms with Gasteiger partial charge < -0.3 is 4.90 Å². The lowest BCUT2D eigenvalue weighted by Crippen LogP contribution is -2.39. The summed E-state index contributed by atoms with van der Waals surface area (Å²) in [6.07, 6.45) is 1.53. The Morgan fingerprint density at radius 3 is 2.67 bits per heavy atom. The molecule has 96 valence electrons. The van der Waals surface area contributed by atoms with Gasteiger partial charge in [0.05, 0.1) is 11.8 Å². The summed E-state index contributed by atoms with van der Waals surface area (Å²) < 4.78 is 22.8. The van der Waals surface area contributed by atoms with E-state index < -0.39 is 15.9 Å². The van der Waals surface area contributed by atoms with Gasteiger partial charge in [-0.2, -0.15) is 0 Å². The first-order valence-corrected chi connectivity index (χ1v) is 7.45. The molecule has 1 aromatic carbocycles. The fraction of sp³-hybridized carbons (Fsp3) is 0.250. The highest BCUT2D eigenvalue weighted by Crippen LogP contribution is 2.25. The fourth-order valence-electron chi connectivity index (χ4n) is 1.95. The molecule has 1 atom stereocenters. The monoisotopic (exact) mass is 285 g/mol. The average Bonchev–Trinajstić information content (AvgIpc) is 2.58. The third-order valence-electron chi connectivity index (χ3n) is 2.67. The highest BCUT2D eigenvalue weighted by atomic mass is 35.5. The number of nitrogens with zero attached hydrogens (tertiary/aromatic N) is 1. The summed E-state index contributed by atoms with van der Waals surface area (Å²) in [6.45, 7) is 1.40. The van der Waals surface area contributed by atoms with Crippen molar-refractivity contribution < 1.29 is 13.2 Å². The summed E-state index contributed by atoms with van der Waals surface area (Å²) in [6, 6.07) is 6.32. The molecule has 2 rings (SSSR count). The van der Waals surface area contributed by atoms with E-state index in [1.807, 2.05) is 0 Å². The molecule has 0 aliphatic carbocycles. The van der Waals surface area contributed by atoms with Crippen LogP contribution in [0.1, 0.15) is 6.92 Å². The van der Waals surface area contributed by atoms with Gasteiger partial charge in [-0.3, -0.25) is 4.79 Å². The second-order valence-corrected chi connectivity index (χ2v) is 6.46. The van der Waals surface area contributed by atoms with Crippen molar-refractivity contribution in [3.63, 3.8) is 0 Å². The molecule has 1 heterocycles. The number of hydrogen-bond acceptors (Lipinski definition) is 3. The lowest BCUT2D eigenvalue weighted by atomic mass is 10.2. The van der Waals surface area contributed by atoms with Crippen molar-refractivity contribution in [2.24, 2.45) is 0 Å². The molecular weight excluding hydrogens is 274 g/mol. The number of halogens is 1. The molecule has 1 aliphatic heterocycles. The SMILES string of the molecule is CC(=O)N(c1cccc(Cl)c1)[C@H]1C=CS(=O)(=O)C1. The Kier molecular flexibility index (Phi) is 3.45. The zero-order valence-electron chi connectivity index (χ0n) is 9.71. The van der Waals surface area contributed by atoms with Crippen LogP contribution in [0.5, 0.6) is 0 Å². The minimum absolute atomic E-state index is 0.0842. The van der Waals surface area contributed by atoms with E-state index in [1.165, 1.54) is 17.9 Å². The molecule has 0 N–H and O–H groups in total. The summed E-state index contributed by atoms with van der Waals surface area (Å²) in [7, 11) is -3.20. The zero-order valence-corrected chi connectivity index (χ0v) is 11.3. The van der Waals surface area contributed by atoms with Crippen molar-refractivity contribution in [2.75, 3.05) is 10.7 Å². The van der Waals surface area contributed by atoms with Crippen molar-refractivity contribution in [1.29, 1.82) is 0 Å². The maximum Gasteiger partial charge on any atom is 0.224 e. The Morgan fingerprint density at radius 2 is 2.17 bits per heavy atom. The summed E-state index contributed by atoms with van der Waals surface area (Å²) in [5, 5.41) is 1.65. The van der Waals surface area contributed by atoms with Gasteiger partial charge in [-0.05, 0) is 24.3 Å². The van der Waals surface area contributed by atoms with Crippen molar-refractivity contribution in [3.8, 4) is 0 Å². The molecule has 1 amide bonds. The van der Waals surface area contributed by atoms with Gasteiger partial charge in [-0.25, -0.2) is 8.42 Å². The number of carbonyl (C=O) groups excluding carboxylic acids is 1. The van der Waals surface area contributed by atoms with Gasteiger partial charge in [0.2, 0.25) is 5.91 Å². The lowest BCUT2D eigenvalue weighted by molar-refractivity contribution is -0.116. The third-order valence-corrected chi connectivity index (χ3v) is 4.28. The zero-order chi connectivity index (χ0) is 13.3. The largest absolute Gasteiger partial charge is 0.305 e. The minimum Gasteiger partial charge on any atom is -0.305 e. The van der Waals surface area contributed by atoms with Crippen LogP contribution in [-0.2, 0) is 14.6 Å². The Hall–Kier alpha value is -1.33. The molecule has 0 radical (unpaired) electrons. The number of benzene rings is 1. The molecule has 0 unspecified atom stereocenters. The van der Waals surface area contributed by atoms with E-state index in [9.17, 15) is 13.2 Å². The Bertz CT molecular complexity index is 610. The van der Waals surface area contributed by atoms with Crippen LogP contribution in [0.3, 0.4) is 0 Å². The summed E-state index contributed by atoms with van der Waals surface area (Å²) in [5.41, 5.74) is 0.599. The van der Waals surface area contributed by atoms with E-state index >= 15 is 0 Å². The lowest BCUT2D eigenvalue weighted by Gasteiger charge is -2.26. The van der Waals surface area contributed by atoms with E-state index in [4.69, 9.17) is 11.6 Å². The number of anilines is 1. The number of rotatable bonds is 2. The average molecular weight is 286 g/mol. The first-order chi connectivity index (χ1) is 8.39. The molecule has 0 aromatic heterocycles. The van der Waals surface area contributed by atoms with Crippen LogP contribution in [0.4, 0.5) is 5.69 Å². The summed E-state index contributed by atoms with van der Waals surface area (Å²) in [4.78, 5) is 13.1. The molecule has 18 heavy (non-hydrogen) atoms. The molecule has 6 heteroatoms. The number of amides is 1. The first kappa shape index (κ1) is 13.1. The van der Waals surface area contributed by atoms with Crippen LogP contribution in [0.2, 0.25) is 5.02 Å². The van der Waals surface area contributed by atoms with E-state index in [0.29, 0.717) is 10.7 Å². The van der Waals surface area contributed by atoms with Gasteiger partial charge in [-0.15, -0.1) is 0 Å². The van der Waals surface area contributed by atoms with E-state index in [1.54, 1.807) is 24.3 Å². The maximum absolute atomic E-state index is 11.7. The second kappa shape index (κ2) is 4.74. The number of hydrogen-bond donors (Lipinski definition) is 0. The molecule has 0 spiro atoms. The molecule has 1 aromatic rings. The highest BCUT2D eigenvalue weighted by Gasteiger charge is 2.29. The van der Waals surface area contributed by atoms with E-state index in [2.05, 4.69) is 0 Å². The Morgan fingerprint density at radius 1 is 1.44 bits per heavy atom. The van der Waals surface area contributed by atoms with E-state index in [-0.39, 0.29) is 11.7 Å². The minimum atomic E-state index is -3.20. The molecule has 0 bridgehead atoms. The third kappa shape index (κ3) is 2.73. The normalized spacial score (nSPS) is 20.9. The second-order valence-electron chi connectivity index (χ2n) is 4.09. The number of sulfone groups is 1. The molecular formula is C12H12ClNO3S. The van der Waals surface area contributed by atoms with Gasteiger partial charge in [0, 0.05) is 23.0 Å². The van der Waals surface area contributed by atoms with Crippen molar-refractivity contribution >= 4 is 33.0 Å². The molecule has 0 saturated heterocycles. The Balaban J connectivity index is 2.37. The smallest absolute Gasteiger partial charge is 0.224 e. The maximum atomic E-state index is 11.7. The van der Waals surface area contributed by atoms with Crippen molar-refractivity contribution in [2.45, 2.75) is 13.0 Å². The number of carbonyl (C=O) groups is 1. The van der Waals surface area contributed by atoms with Crippen molar-refractivity contribution in [3.05, 3.63) is 40.8 Å². The quantitative estimate of drug-likeness (QED) is 0.835. The van der Waals surface area contributed by atoms with Gasteiger partial charge in [0.25, 0.3) is 0 Å². The Labute approximate surface area is 111 Å². The predicted molar refractivity (Wildman–Crippen MR) is 71.3 cm³/mol. The van der Waals surface area contributed by atoms with Gasteiger partial charge in [-0.1, -0.05) is 17.7 Å². The molecule has 1 aliphatic rings. The van der Waals surface area contributed by atoms with Gasteiger partial charge >= 0.3 is 0 Å². The van der Waals surface area contributed by atoms with Crippen LogP contribution in [0, 0.1) is 0 Å². The van der Waals surface area contributed by atoms with Gasteiger partial charge in [0.1, 0.15) is 0 Å². The fourth-order valence-corrected chi connectivity index (χ4v) is 3.41. The molecule has 0 fully saturated rings. The standard InChI is InChI=1S/C12H12ClNO3S/c1-9(15)14(11-4-2-3-10(13)7-11)12-5-6-18(16,17)8-12/h2-7,12H,8H2,1H3/t12-/m0/s1. The van der Waals surface area contributed by atoms with Crippen LogP contribution >= 0.6 is 11.6 Å². The summed E-state index contributed by atoms with van der Waals surface area (Å²) >= 11 is 5.88. The highest BCUT2D eigenvalue weighted by molar-refractivity contribution is 7.94. The summed E-state index contributed by atoms with van der Waals surface area (Å²) in [5.74, 6) is -0.303. The van der Waals surface area contributed by atoms with Crippen LogP contribution in [0.15, 0.2) is 35.7 Å². The first-order valence-electron chi connectivity index (χ1n) is 5.35.